The second kappa shape index (κ2) is 4.27. The van der Waals surface area contributed by atoms with Crippen molar-refractivity contribution >= 4 is 5.97 Å². The van der Waals surface area contributed by atoms with Crippen LogP contribution < -0.4 is 14.8 Å². The Kier molecular flexibility index (Phi) is 2.70. The van der Waals surface area contributed by atoms with Crippen LogP contribution >= 0.6 is 0 Å². The second-order valence-corrected chi connectivity index (χ2v) is 4.59. The maximum absolute atomic E-state index is 14.1. The van der Waals surface area contributed by atoms with Gasteiger partial charge in [0.25, 0.3) is 0 Å². The number of carbonyl (C=O) groups is 1. The van der Waals surface area contributed by atoms with Crippen molar-refractivity contribution in [1.82, 2.24) is 5.32 Å². The highest BCUT2D eigenvalue weighted by Gasteiger charge is 2.36. The Morgan fingerprint density at radius 3 is 2.95 bits per heavy atom. The topological polar surface area (TPSA) is 88.0 Å². The molecule has 2 unspecified atom stereocenters. The summed E-state index contributed by atoms with van der Waals surface area (Å²) in [5, 5.41) is 21.4. The SMILES string of the molecule is O=C(O)C1CNC(c2c(F)c(O)cc3c2OCO3)C1. The molecule has 1 aromatic rings. The first-order valence-electron chi connectivity index (χ1n) is 5.85. The summed E-state index contributed by atoms with van der Waals surface area (Å²) in [6.07, 6.45) is 0.242. The first-order chi connectivity index (χ1) is 9.08. The number of carboxylic acid groups (broad SMARTS) is 1. The Balaban J connectivity index is 1.99. The summed E-state index contributed by atoms with van der Waals surface area (Å²) in [5.74, 6) is -2.32. The van der Waals surface area contributed by atoms with Crippen LogP contribution in [-0.2, 0) is 4.79 Å². The molecule has 0 aliphatic carbocycles. The smallest absolute Gasteiger partial charge is 0.307 e. The van der Waals surface area contributed by atoms with Gasteiger partial charge in [0.15, 0.2) is 23.1 Å². The van der Waals surface area contributed by atoms with E-state index in [2.05, 4.69) is 5.32 Å². The molecule has 2 aliphatic rings. The van der Waals surface area contributed by atoms with Crippen molar-refractivity contribution in [3.05, 3.63) is 17.4 Å². The van der Waals surface area contributed by atoms with E-state index in [4.69, 9.17) is 14.6 Å². The Bertz CT molecular complexity index is 547. The normalized spacial score (nSPS) is 24.7. The molecular weight excluding hydrogens is 257 g/mol. The molecule has 0 radical (unpaired) electrons. The summed E-state index contributed by atoms with van der Waals surface area (Å²) in [5.41, 5.74) is 0.135. The predicted octanol–water partition coefficient (Wildman–Crippen LogP) is 0.995. The Morgan fingerprint density at radius 2 is 2.26 bits per heavy atom. The van der Waals surface area contributed by atoms with Gasteiger partial charge in [-0.1, -0.05) is 0 Å². The zero-order chi connectivity index (χ0) is 13.6. The molecule has 0 amide bonds. The molecule has 7 heteroatoms. The fourth-order valence-corrected chi connectivity index (χ4v) is 2.49. The van der Waals surface area contributed by atoms with Gasteiger partial charge >= 0.3 is 5.97 Å². The van der Waals surface area contributed by atoms with E-state index < -0.39 is 29.5 Å². The number of nitrogens with one attached hydrogen (secondary N) is 1. The molecule has 1 saturated heterocycles. The van der Waals surface area contributed by atoms with Crippen molar-refractivity contribution in [3.63, 3.8) is 0 Å². The van der Waals surface area contributed by atoms with Crippen molar-refractivity contribution in [2.24, 2.45) is 5.92 Å². The fraction of sp³-hybridized carbons (Fsp3) is 0.417. The van der Waals surface area contributed by atoms with Gasteiger partial charge in [-0.25, -0.2) is 4.39 Å². The lowest BCUT2D eigenvalue weighted by molar-refractivity contribution is -0.141. The number of carboxylic acids is 1. The van der Waals surface area contributed by atoms with Crippen molar-refractivity contribution < 1.29 is 28.9 Å². The molecule has 0 saturated carbocycles. The molecule has 2 aliphatic heterocycles. The molecule has 3 rings (SSSR count). The van der Waals surface area contributed by atoms with E-state index in [1.54, 1.807) is 0 Å². The first kappa shape index (κ1) is 12.0. The minimum absolute atomic E-state index is 0.0414. The minimum atomic E-state index is -0.927. The highest BCUT2D eigenvalue weighted by molar-refractivity contribution is 5.71. The fourth-order valence-electron chi connectivity index (χ4n) is 2.49. The molecule has 2 atom stereocenters. The number of phenols is 1. The lowest BCUT2D eigenvalue weighted by Gasteiger charge is -2.15. The molecule has 0 spiro atoms. The van der Waals surface area contributed by atoms with E-state index in [-0.39, 0.29) is 36.8 Å². The Morgan fingerprint density at radius 1 is 1.47 bits per heavy atom. The average molecular weight is 269 g/mol. The maximum Gasteiger partial charge on any atom is 0.307 e. The number of phenolic OH excluding ortho intramolecular Hbond substituents is 1. The van der Waals surface area contributed by atoms with Crippen LogP contribution in [0.15, 0.2) is 6.07 Å². The van der Waals surface area contributed by atoms with E-state index in [1.807, 2.05) is 0 Å². The second-order valence-electron chi connectivity index (χ2n) is 4.59. The number of hydrogen-bond acceptors (Lipinski definition) is 5. The van der Waals surface area contributed by atoms with Crippen molar-refractivity contribution in [2.75, 3.05) is 13.3 Å². The van der Waals surface area contributed by atoms with Gasteiger partial charge < -0.3 is 25.0 Å². The van der Waals surface area contributed by atoms with E-state index in [1.165, 1.54) is 0 Å². The van der Waals surface area contributed by atoms with Gasteiger partial charge in [0.05, 0.1) is 11.5 Å². The van der Waals surface area contributed by atoms with Gasteiger partial charge in [-0.05, 0) is 6.42 Å². The molecular formula is C12H12FNO5. The lowest BCUT2D eigenvalue weighted by atomic mass is 9.98. The lowest BCUT2D eigenvalue weighted by Crippen LogP contribution is -2.18. The number of halogens is 1. The van der Waals surface area contributed by atoms with Crippen molar-refractivity contribution in [1.29, 1.82) is 0 Å². The molecule has 0 bridgehead atoms. The van der Waals surface area contributed by atoms with E-state index in [9.17, 15) is 14.3 Å². The third-order valence-electron chi connectivity index (χ3n) is 3.44. The van der Waals surface area contributed by atoms with Gasteiger partial charge in [-0.15, -0.1) is 0 Å². The van der Waals surface area contributed by atoms with Gasteiger partial charge in [-0.2, -0.15) is 0 Å². The Labute approximate surface area is 107 Å². The van der Waals surface area contributed by atoms with Crippen molar-refractivity contribution in [3.8, 4) is 17.2 Å². The zero-order valence-electron chi connectivity index (χ0n) is 9.85. The van der Waals surface area contributed by atoms with E-state index >= 15 is 0 Å². The van der Waals surface area contributed by atoms with Crippen LogP contribution in [0.1, 0.15) is 18.0 Å². The van der Waals surface area contributed by atoms with Crippen LogP contribution in [0.4, 0.5) is 4.39 Å². The summed E-state index contributed by atoms with van der Waals surface area (Å²) < 4.78 is 24.4. The number of rotatable bonds is 2. The molecule has 19 heavy (non-hydrogen) atoms. The zero-order valence-corrected chi connectivity index (χ0v) is 9.85. The van der Waals surface area contributed by atoms with Crippen LogP contribution in [0.5, 0.6) is 17.2 Å². The summed E-state index contributed by atoms with van der Waals surface area (Å²) in [6.45, 7) is 0.213. The molecule has 1 aromatic carbocycles. The average Bonchev–Trinajstić information content (AvgIpc) is 2.99. The molecule has 0 aromatic heterocycles. The standard InChI is InChI=1S/C12H12FNO5/c13-10-7(15)2-8-11(19-4-18-8)9(10)6-1-5(3-14-6)12(16)17/h2,5-6,14-15H,1,3-4H2,(H,16,17). The van der Waals surface area contributed by atoms with Crippen molar-refractivity contribution in [2.45, 2.75) is 12.5 Å². The Hall–Kier alpha value is -2.02. The third kappa shape index (κ3) is 1.86. The van der Waals surface area contributed by atoms with Crippen LogP contribution in [-0.4, -0.2) is 29.5 Å². The van der Waals surface area contributed by atoms with Crippen LogP contribution in [0.25, 0.3) is 0 Å². The number of benzene rings is 1. The third-order valence-corrected chi connectivity index (χ3v) is 3.44. The number of hydrogen-bond donors (Lipinski definition) is 3. The van der Waals surface area contributed by atoms with E-state index in [0.29, 0.717) is 0 Å². The molecule has 1 fully saturated rings. The largest absolute Gasteiger partial charge is 0.505 e. The number of ether oxygens (including phenoxy) is 2. The summed E-state index contributed by atoms with van der Waals surface area (Å²) in [7, 11) is 0. The summed E-state index contributed by atoms with van der Waals surface area (Å²) >= 11 is 0. The minimum Gasteiger partial charge on any atom is -0.505 e. The van der Waals surface area contributed by atoms with Gasteiger partial charge in [0.1, 0.15) is 0 Å². The van der Waals surface area contributed by atoms with Crippen LogP contribution in [0, 0.1) is 11.7 Å². The van der Waals surface area contributed by atoms with Crippen LogP contribution in [0.3, 0.4) is 0 Å². The highest BCUT2D eigenvalue weighted by Crippen LogP contribution is 2.46. The summed E-state index contributed by atoms with van der Waals surface area (Å²) in [6, 6.07) is 0.647. The molecule has 3 N–H and O–H groups in total. The highest BCUT2D eigenvalue weighted by atomic mass is 19.1. The first-order valence-corrected chi connectivity index (χ1v) is 5.85. The predicted molar refractivity (Wildman–Crippen MR) is 60.7 cm³/mol. The number of aromatic hydroxyl groups is 1. The summed E-state index contributed by atoms with van der Waals surface area (Å²) in [4.78, 5) is 10.9. The molecule has 6 nitrogen and oxygen atoms in total. The van der Waals surface area contributed by atoms with E-state index in [0.717, 1.165) is 6.07 Å². The van der Waals surface area contributed by atoms with Gasteiger partial charge in [-0.3, -0.25) is 4.79 Å². The maximum atomic E-state index is 14.1. The molecule has 2 heterocycles. The number of fused-ring (bicyclic) bond motifs is 1. The quantitative estimate of drug-likeness (QED) is 0.742. The monoisotopic (exact) mass is 269 g/mol. The van der Waals surface area contributed by atoms with Crippen LogP contribution in [0.2, 0.25) is 0 Å². The van der Waals surface area contributed by atoms with Gasteiger partial charge in [0, 0.05) is 18.7 Å². The number of aliphatic carboxylic acids is 1. The van der Waals surface area contributed by atoms with Gasteiger partial charge in [0.2, 0.25) is 6.79 Å². The molecule has 102 valence electrons.